The molecule has 1 unspecified atom stereocenters. The Morgan fingerprint density at radius 1 is 0.975 bits per heavy atom. The fourth-order valence-corrected chi connectivity index (χ4v) is 5.24. The fourth-order valence-electron chi connectivity index (χ4n) is 5.24. The number of urea groups is 1. The largest absolute Gasteiger partial charge is 0.416 e. The van der Waals surface area contributed by atoms with Gasteiger partial charge in [-0.1, -0.05) is 12.1 Å². The van der Waals surface area contributed by atoms with E-state index in [1.54, 1.807) is 44.6 Å². The van der Waals surface area contributed by atoms with Gasteiger partial charge in [-0.3, -0.25) is 14.5 Å². The highest BCUT2D eigenvalue weighted by molar-refractivity contribution is 6.06. The van der Waals surface area contributed by atoms with Gasteiger partial charge in [-0.15, -0.1) is 0 Å². The SMILES string of the molecule is CN1CCC2=C(C1=O)C(c1ccc(C#N)cc1-c1ccc(=O)n(C)c1)N(C)C(=O)N2c1cccc(C(F)(F)F)c1. The van der Waals surface area contributed by atoms with Gasteiger partial charge in [-0.05, 0) is 53.1 Å². The van der Waals surface area contributed by atoms with E-state index < -0.39 is 23.8 Å². The third-order valence-electron chi connectivity index (χ3n) is 7.30. The Kier molecular flexibility index (Phi) is 6.50. The lowest BCUT2D eigenvalue weighted by molar-refractivity contribution is -0.137. The van der Waals surface area contributed by atoms with Crippen molar-refractivity contribution in [1.29, 1.82) is 5.26 Å². The number of nitrogens with zero attached hydrogens (tertiary/aromatic N) is 5. The van der Waals surface area contributed by atoms with E-state index in [4.69, 9.17) is 0 Å². The lowest BCUT2D eigenvalue weighted by Gasteiger charge is -2.45. The van der Waals surface area contributed by atoms with Crippen molar-refractivity contribution in [2.75, 3.05) is 25.5 Å². The summed E-state index contributed by atoms with van der Waals surface area (Å²) in [6.45, 7) is 0.276. The van der Waals surface area contributed by atoms with E-state index in [2.05, 4.69) is 6.07 Å². The number of amides is 3. The maximum Gasteiger partial charge on any atom is 0.416 e. The number of likely N-dealkylation sites (N-methyl/N-ethyl adjacent to an activating group) is 2. The van der Waals surface area contributed by atoms with Crippen LogP contribution >= 0.6 is 0 Å². The molecule has 3 heterocycles. The van der Waals surface area contributed by atoms with Crippen LogP contribution < -0.4 is 10.5 Å². The molecule has 1 aromatic heterocycles. The van der Waals surface area contributed by atoms with Crippen LogP contribution in [-0.2, 0) is 18.0 Å². The molecule has 0 fully saturated rings. The third-order valence-corrected chi connectivity index (χ3v) is 7.30. The first kappa shape index (κ1) is 26.7. The zero-order valence-corrected chi connectivity index (χ0v) is 21.9. The zero-order chi connectivity index (χ0) is 28.9. The molecule has 11 heteroatoms. The van der Waals surface area contributed by atoms with Gasteiger partial charge in [0, 0.05) is 52.1 Å². The van der Waals surface area contributed by atoms with Gasteiger partial charge in [0.25, 0.3) is 5.91 Å². The van der Waals surface area contributed by atoms with Crippen molar-refractivity contribution in [2.45, 2.75) is 18.6 Å². The molecule has 1 atom stereocenters. The fraction of sp³-hybridized carbons (Fsp3) is 0.241. The average Bonchev–Trinajstić information content (AvgIpc) is 2.93. The van der Waals surface area contributed by atoms with Crippen molar-refractivity contribution in [3.8, 4) is 17.2 Å². The summed E-state index contributed by atoms with van der Waals surface area (Å²) in [7, 11) is 4.70. The number of rotatable bonds is 3. The number of carbonyl (C=O) groups excluding carboxylic acids is 2. The van der Waals surface area contributed by atoms with Crippen LogP contribution in [0.15, 0.2) is 76.9 Å². The Hall–Kier alpha value is -4.85. The summed E-state index contributed by atoms with van der Waals surface area (Å²) in [6.07, 6.45) is -2.77. The first-order valence-electron chi connectivity index (χ1n) is 12.4. The molecule has 0 saturated carbocycles. The highest BCUT2D eigenvalue weighted by Gasteiger charge is 2.45. The van der Waals surface area contributed by atoms with Gasteiger partial charge in [-0.2, -0.15) is 18.4 Å². The van der Waals surface area contributed by atoms with Crippen molar-refractivity contribution in [2.24, 2.45) is 7.05 Å². The van der Waals surface area contributed by atoms with Crippen molar-refractivity contribution in [1.82, 2.24) is 14.4 Å². The monoisotopic (exact) mass is 547 g/mol. The number of hydrogen-bond acceptors (Lipinski definition) is 4. The van der Waals surface area contributed by atoms with E-state index in [1.165, 1.54) is 44.5 Å². The molecule has 3 amide bonds. The lowest BCUT2D eigenvalue weighted by Crippen LogP contribution is -2.53. The smallest absolute Gasteiger partial charge is 0.341 e. The molecule has 3 aromatic rings. The van der Waals surface area contributed by atoms with Gasteiger partial charge < -0.3 is 14.4 Å². The van der Waals surface area contributed by atoms with Gasteiger partial charge in [0.2, 0.25) is 5.56 Å². The van der Waals surface area contributed by atoms with Gasteiger partial charge in [0.1, 0.15) is 0 Å². The molecule has 0 saturated heterocycles. The first-order valence-corrected chi connectivity index (χ1v) is 12.4. The number of alkyl halides is 3. The molecule has 0 N–H and O–H groups in total. The molecule has 0 aliphatic carbocycles. The van der Waals surface area contributed by atoms with Crippen LogP contribution in [0, 0.1) is 11.3 Å². The van der Waals surface area contributed by atoms with Gasteiger partial charge in [0.05, 0.1) is 34.5 Å². The highest BCUT2D eigenvalue weighted by Crippen LogP contribution is 2.45. The molecule has 0 radical (unpaired) electrons. The van der Waals surface area contributed by atoms with Crippen LogP contribution in [0.3, 0.4) is 0 Å². The van der Waals surface area contributed by atoms with Crippen LogP contribution in [0.25, 0.3) is 11.1 Å². The van der Waals surface area contributed by atoms with Crippen LogP contribution in [0.2, 0.25) is 0 Å². The molecule has 8 nitrogen and oxygen atoms in total. The number of nitriles is 1. The molecule has 2 aliphatic rings. The number of carbonyl (C=O) groups is 2. The van der Waals surface area contributed by atoms with Gasteiger partial charge in [0.15, 0.2) is 0 Å². The van der Waals surface area contributed by atoms with Gasteiger partial charge in [-0.25, -0.2) is 4.79 Å². The highest BCUT2D eigenvalue weighted by atomic mass is 19.4. The van der Waals surface area contributed by atoms with E-state index in [0.717, 1.165) is 12.1 Å². The number of aryl methyl sites for hydroxylation is 1. The number of benzene rings is 2. The molecule has 204 valence electrons. The summed E-state index contributed by atoms with van der Waals surface area (Å²) in [6, 6.07) is 12.9. The topological polar surface area (TPSA) is 89.6 Å². The van der Waals surface area contributed by atoms with Crippen molar-refractivity contribution in [3.05, 3.63) is 99.1 Å². The minimum Gasteiger partial charge on any atom is -0.341 e. The molecule has 40 heavy (non-hydrogen) atoms. The Balaban J connectivity index is 1.76. The van der Waals surface area contributed by atoms with E-state index in [0.29, 0.717) is 28.0 Å². The molecule has 2 aliphatic heterocycles. The molecule has 0 bridgehead atoms. The van der Waals surface area contributed by atoms with Crippen molar-refractivity contribution < 1.29 is 22.8 Å². The number of halogens is 3. The number of anilines is 1. The second-order valence-electron chi connectivity index (χ2n) is 9.80. The normalized spacial score (nSPS) is 17.7. The van der Waals surface area contributed by atoms with Crippen LogP contribution in [0.5, 0.6) is 0 Å². The molecule has 2 aromatic carbocycles. The zero-order valence-electron chi connectivity index (χ0n) is 21.9. The number of aromatic nitrogens is 1. The molecule has 0 spiro atoms. The maximum absolute atomic E-state index is 13.9. The number of hydrogen-bond donors (Lipinski definition) is 0. The van der Waals surface area contributed by atoms with Crippen LogP contribution in [-0.4, -0.2) is 46.9 Å². The molecular formula is C29H24F3N5O3. The van der Waals surface area contributed by atoms with Gasteiger partial charge >= 0.3 is 12.2 Å². The minimum atomic E-state index is -4.61. The third kappa shape index (κ3) is 4.41. The standard InChI is InChI=1S/C29H24F3N5O3/c1-34-12-11-23-25(27(34)39)26(36(3)28(40)37(23)20-6-4-5-19(14-20)29(30,31)32)21-9-7-17(15-33)13-22(21)18-8-10-24(38)35(2)16-18/h4-10,13-14,16,26H,11-12H2,1-3H3. The van der Waals surface area contributed by atoms with Crippen molar-refractivity contribution >= 4 is 17.6 Å². The molecular weight excluding hydrogens is 523 g/mol. The second kappa shape index (κ2) is 9.72. The van der Waals surface area contributed by atoms with Crippen LogP contribution in [0.1, 0.15) is 29.2 Å². The van der Waals surface area contributed by atoms with E-state index in [1.807, 2.05) is 0 Å². The average molecular weight is 548 g/mol. The van der Waals surface area contributed by atoms with E-state index in [-0.39, 0.29) is 35.7 Å². The summed E-state index contributed by atoms with van der Waals surface area (Å²) >= 11 is 0. The Morgan fingerprint density at radius 2 is 1.73 bits per heavy atom. The molecule has 5 rings (SSSR count). The maximum atomic E-state index is 13.9. The summed E-state index contributed by atoms with van der Waals surface area (Å²) in [4.78, 5) is 43.7. The summed E-state index contributed by atoms with van der Waals surface area (Å²) in [5.74, 6) is -0.363. The summed E-state index contributed by atoms with van der Waals surface area (Å²) < 4.78 is 42.0. The Bertz CT molecular complexity index is 1690. The van der Waals surface area contributed by atoms with Crippen molar-refractivity contribution in [3.63, 3.8) is 0 Å². The number of pyridine rings is 1. The lowest BCUT2D eigenvalue weighted by atomic mass is 9.84. The quantitative estimate of drug-likeness (QED) is 0.477. The van der Waals surface area contributed by atoms with E-state index in [9.17, 15) is 32.8 Å². The second-order valence-corrected chi connectivity index (χ2v) is 9.80. The predicted molar refractivity (Wildman–Crippen MR) is 141 cm³/mol. The summed E-state index contributed by atoms with van der Waals surface area (Å²) in [5, 5.41) is 9.58. The van der Waals surface area contributed by atoms with Crippen LogP contribution in [0.4, 0.5) is 23.7 Å². The van der Waals surface area contributed by atoms with E-state index >= 15 is 0 Å². The summed E-state index contributed by atoms with van der Waals surface area (Å²) in [5.41, 5.74) is 1.44. The Labute approximate surface area is 227 Å². The first-order chi connectivity index (χ1) is 18.9. The minimum absolute atomic E-state index is 0.00749. The predicted octanol–water partition coefficient (Wildman–Crippen LogP) is 4.67. The Morgan fingerprint density at radius 3 is 2.40 bits per heavy atom.